The number of nitrogens with zero attached hydrogens (tertiary/aromatic N) is 2. The van der Waals surface area contributed by atoms with Gasteiger partial charge in [0.2, 0.25) is 5.91 Å². The van der Waals surface area contributed by atoms with Crippen molar-refractivity contribution in [1.82, 2.24) is 15.5 Å². The fourth-order valence-electron chi connectivity index (χ4n) is 3.60. The molecule has 2 atom stereocenters. The molecule has 25 heavy (non-hydrogen) atoms. The zero-order chi connectivity index (χ0) is 17.8. The molecule has 2 rings (SSSR count). The van der Waals surface area contributed by atoms with E-state index in [2.05, 4.69) is 43.3 Å². The normalized spacial score (nSPS) is 28.4. The second-order valence-corrected chi connectivity index (χ2v) is 7.66. The quantitative estimate of drug-likeness (QED) is 0.262. The minimum Gasteiger partial charge on any atom is -0.378 e. The summed E-state index contributed by atoms with van der Waals surface area (Å²) in [6.07, 6.45) is 3.60. The molecule has 2 unspecified atom stereocenters. The average Bonchev–Trinajstić information content (AvgIpc) is 2.95. The van der Waals surface area contributed by atoms with Gasteiger partial charge in [0, 0.05) is 51.2 Å². The molecule has 0 bridgehead atoms. The molecular formula is C18H35IN4O2. The molecule has 1 heterocycles. The van der Waals surface area contributed by atoms with E-state index in [4.69, 9.17) is 4.74 Å². The minimum absolute atomic E-state index is 0. The van der Waals surface area contributed by atoms with Gasteiger partial charge in [-0.05, 0) is 33.1 Å². The standard InChI is InChI=1S/C18H34N4O2.HI/c1-6-19-16(20-10-8-12-22-11-7-9-15(22)23)21-14-13-18(4,24-5)17(14,2)3;/h14H,6-13H2,1-5H3,(H2,19,20,21);1H. The van der Waals surface area contributed by atoms with Gasteiger partial charge in [0.25, 0.3) is 0 Å². The van der Waals surface area contributed by atoms with Crippen LogP contribution < -0.4 is 10.6 Å². The highest BCUT2D eigenvalue weighted by molar-refractivity contribution is 14.0. The van der Waals surface area contributed by atoms with Gasteiger partial charge < -0.3 is 20.3 Å². The Labute approximate surface area is 169 Å². The lowest BCUT2D eigenvalue weighted by molar-refractivity contribution is -0.176. The van der Waals surface area contributed by atoms with Crippen molar-refractivity contribution in [3.8, 4) is 0 Å². The van der Waals surface area contributed by atoms with E-state index in [1.165, 1.54) is 0 Å². The molecule has 0 radical (unpaired) electrons. The van der Waals surface area contributed by atoms with E-state index in [1.807, 2.05) is 4.90 Å². The van der Waals surface area contributed by atoms with E-state index < -0.39 is 0 Å². The van der Waals surface area contributed by atoms with E-state index in [1.54, 1.807) is 7.11 Å². The zero-order valence-corrected chi connectivity index (χ0v) is 18.7. The van der Waals surface area contributed by atoms with Crippen LogP contribution in [0.25, 0.3) is 0 Å². The Morgan fingerprint density at radius 2 is 2.12 bits per heavy atom. The van der Waals surface area contributed by atoms with Crippen molar-refractivity contribution in [2.75, 3.05) is 33.3 Å². The molecule has 0 aromatic carbocycles. The lowest BCUT2D eigenvalue weighted by Gasteiger charge is -2.59. The Morgan fingerprint density at radius 3 is 2.64 bits per heavy atom. The third-order valence-electron chi connectivity index (χ3n) is 5.96. The summed E-state index contributed by atoms with van der Waals surface area (Å²) in [7, 11) is 1.79. The van der Waals surface area contributed by atoms with Crippen molar-refractivity contribution in [2.45, 2.75) is 65.0 Å². The maximum absolute atomic E-state index is 11.6. The summed E-state index contributed by atoms with van der Waals surface area (Å²) in [5.74, 6) is 1.15. The summed E-state index contributed by atoms with van der Waals surface area (Å²) in [6.45, 7) is 12.0. The first-order valence-electron chi connectivity index (χ1n) is 9.22. The highest BCUT2D eigenvalue weighted by Gasteiger charge is 2.58. The topological polar surface area (TPSA) is 66.0 Å². The number of likely N-dealkylation sites (tertiary alicyclic amines) is 1. The summed E-state index contributed by atoms with van der Waals surface area (Å²) in [6, 6.07) is 0.348. The largest absolute Gasteiger partial charge is 0.378 e. The third-order valence-corrected chi connectivity index (χ3v) is 5.96. The Balaban J connectivity index is 0.00000312. The molecule has 2 fully saturated rings. The van der Waals surface area contributed by atoms with Gasteiger partial charge in [-0.3, -0.25) is 9.79 Å². The van der Waals surface area contributed by atoms with E-state index in [0.29, 0.717) is 18.4 Å². The zero-order valence-electron chi connectivity index (χ0n) is 16.4. The fourth-order valence-corrected chi connectivity index (χ4v) is 3.60. The molecule has 2 aliphatic rings. The van der Waals surface area contributed by atoms with Crippen molar-refractivity contribution in [3.63, 3.8) is 0 Å². The first kappa shape index (κ1) is 22.5. The number of hydrogen-bond donors (Lipinski definition) is 2. The van der Waals surface area contributed by atoms with Gasteiger partial charge in [0.1, 0.15) is 0 Å². The summed E-state index contributed by atoms with van der Waals surface area (Å²) in [4.78, 5) is 18.2. The van der Waals surface area contributed by atoms with Crippen LogP contribution in [0, 0.1) is 5.41 Å². The lowest BCUT2D eigenvalue weighted by atomic mass is 9.56. The van der Waals surface area contributed by atoms with Crippen LogP contribution in [0.3, 0.4) is 0 Å². The van der Waals surface area contributed by atoms with Gasteiger partial charge >= 0.3 is 0 Å². The number of halogens is 1. The molecule has 6 nitrogen and oxygen atoms in total. The monoisotopic (exact) mass is 466 g/mol. The predicted octanol–water partition coefficient (Wildman–Crippen LogP) is 2.38. The number of nitrogens with one attached hydrogen (secondary N) is 2. The van der Waals surface area contributed by atoms with Gasteiger partial charge in [0.05, 0.1) is 5.60 Å². The number of amides is 1. The Morgan fingerprint density at radius 1 is 1.40 bits per heavy atom. The summed E-state index contributed by atoms with van der Waals surface area (Å²) < 4.78 is 5.69. The third kappa shape index (κ3) is 4.99. The second kappa shape index (κ2) is 9.39. The molecule has 2 N–H and O–H groups in total. The van der Waals surface area contributed by atoms with Crippen LogP contribution in [-0.2, 0) is 9.53 Å². The van der Waals surface area contributed by atoms with E-state index >= 15 is 0 Å². The van der Waals surface area contributed by atoms with Crippen LogP contribution in [0.4, 0.5) is 0 Å². The fraction of sp³-hybridized carbons (Fsp3) is 0.889. The molecule has 1 aliphatic heterocycles. The Hall–Kier alpha value is -0.570. The van der Waals surface area contributed by atoms with Gasteiger partial charge in [-0.2, -0.15) is 0 Å². The first-order chi connectivity index (χ1) is 11.3. The Kier molecular flexibility index (Phi) is 8.44. The average molecular weight is 466 g/mol. The van der Waals surface area contributed by atoms with E-state index in [0.717, 1.165) is 51.4 Å². The first-order valence-corrected chi connectivity index (χ1v) is 9.22. The maximum atomic E-state index is 11.6. The van der Waals surface area contributed by atoms with Gasteiger partial charge in [0.15, 0.2) is 5.96 Å². The molecule has 1 amide bonds. The number of ether oxygens (including phenoxy) is 1. The van der Waals surface area contributed by atoms with Crippen LogP contribution in [0.2, 0.25) is 0 Å². The number of carbonyl (C=O) groups excluding carboxylic acids is 1. The maximum Gasteiger partial charge on any atom is 0.222 e. The number of rotatable bonds is 7. The SMILES string of the molecule is CCNC(=NCCCN1CCCC1=O)NC1CC(C)(OC)C1(C)C.I. The highest BCUT2D eigenvalue weighted by Crippen LogP contribution is 2.51. The van der Waals surface area contributed by atoms with E-state index in [9.17, 15) is 4.79 Å². The molecule has 7 heteroatoms. The van der Waals surface area contributed by atoms with Crippen molar-refractivity contribution < 1.29 is 9.53 Å². The Bertz CT molecular complexity index is 484. The molecule has 146 valence electrons. The predicted molar refractivity (Wildman–Crippen MR) is 113 cm³/mol. The molecular weight excluding hydrogens is 431 g/mol. The molecule has 1 saturated carbocycles. The van der Waals surface area contributed by atoms with Gasteiger partial charge in [-0.15, -0.1) is 24.0 Å². The van der Waals surface area contributed by atoms with Crippen LogP contribution in [0.15, 0.2) is 4.99 Å². The number of carbonyl (C=O) groups is 1. The van der Waals surface area contributed by atoms with Crippen molar-refractivity contribution in [3.05, 3.63) is 0 Å². The van der Waals surface area contributed by atoms with Crippen LogP contribution >= 0.6 is 24.0 Å². The van der Waals surface area contributed by atoms with Crippen LogP contribution in [0.1, 0.15) is 53.4 Å². The summed E-state index contributed by atoms with van der Waals surface area (Å²) >= 11 is 0. The van der Waals surface area contributed by atoms with Gasteiger partial charge in [-0.1, -0.05) is 13.8 Å². The van der Waals surface area contributed by atoms with Gasteiger partial charge in [-0.25, -0.2) is 0 Å². The van der Waals surface area contributed by atoms with Crippen molar-refractivity contribution >= 4 is 35.8 Å². The summed E-state index contributed by atoms with van der Waals surface area (Å²) in [5, 5.41) is 6.87. The minimum atomic E-state index is -0.0852. The number of guanidine groups is 1. The number of aliphatic imine (C=N–C) groups is 1. The highest BCUT2D eigenvalue weighted by atomic mass is 127. The van der Waals surface area contributed by atoms with E-state index in [-0.39, 0.29) is 35.0 Å². The molecule has 1 saturated heterocycles. The number of methoxy groups -OCH3 is 1. The lowest BCUT2D eigenvalue weighted by Crippen LogP contribution is -2.69. The van der Waals surface area contributed by atoms with Crippen LogP contribution in [-0.4, -0.2) is 61.7 Å². The molecule has 0 aromatic rings. The second-order valence-electron chi connectivity index (χ2n) is 7.66. The number of hydrogen-bond acceptors (Lipinski definition) is 3. The molecule has 0 spiro atoms. The van der Waals surface area contributed by atoms with Crippen molar-refractivity contribution in [1.29, 1.82) is 0 Å². The molecule has 0 aromatic heterocycles. The smallest absolute Gasteiger partial charge is 0.222 e. The van der Waals surface area contributed by atoms with Crippen LogP contribution in [0.5, 0.6) is 0 Å². The molecule has 1 aliphatic carbocycles. The van der Waals surface area contributed by atoms with Crippen molar-refractivity contribution in [2.24, 2.45) is 10.4 Å². The summed E-state index contributed by atoms with van der Waals surface area (Å²) in [5.41, 5.74) is -0.0297.